The maximum Gasteiger partial charge on any atom is 0.320 e. The number of hydrogen-bond acceptors (Lipinski definition) is 5. The van der Waals surface area contributed by atoms with Crippen molar-refractivity contribution in [3.8, 4) is 0 Å². The second kappa shape index (κ2) is 8.65. The maximum atomic E-state index is 13.3. The normalized spacial score (nSPS) is 28.5. The molecule has 174 valence electrons. The number of carbonyl (C=O) groups excluding carboxylic acids is 3. The molecule has 4 saturated heterocycles. The fraction of sp³-hybridized carbons (Fsp3) is 0.739. The summed E-state index contributed by atoms with van der Waals surface area (Å²) in [5.41, 5.74) is 0.784. The van der Waals surface area contributed by atoms with Crippen LogP contribution in [0.5, 0.6) is 0 Å². The zero-order valence-corrected chi connectivity index (χ0v) is 19.8. The molecule has 4 fully saturated rings. The minimum absolute atomic E-state index is 0.0479. The summed E-state index contributed by atoms with van der Waals surface area (Å²) in [4.78, 5) is 49.4. The van der Waals surface area contributed by atoms with E-state index in [1.165, 1.54) is 11.3 Å². The van der Waals surface area contributed by atoms with Gasteiger partial charge in [-0.05, 0) is 57.8 Å². The second-order valence-corrected chi connectivity index (χ2v) is 11.1. The SMILES string of the molecule is Cc1nc(C)c(C(=O)NC2CCN(C(=O)N3C[C@H]4C[C@H](C3)[C@H]3CCCC(=O)N3C4)CC2)s1. The molecule has 1 N–H and O–H groups in total. The Morgan fingerprint density at radius 3 is 2.56 bits per heavy atom. The number of rotatable bonds is 2. The third-order valence-corrected chi connectivity index (χ3v) is 8.73. The molecule has 5 rings (SSSR count). The predicted octanol–water partition coefficient (Wildman–Crippen LogP) is 2.41. The first-order valence-corrected chi connectivity index (χ1v) is 12.8. The summed E-state index contributed by atoms with van der Waals surface area (Å²) in [5.74, 6) is 1.08. The second-order valence-electron chi connectivity index (χ2n) is 9.94. The lowest BCUT2D eigenvalue weighted by molar-refractivity contribution is -0.144. The summed E-state index contributed by atoms with van der Waals surface area (Å²) >= 11 is 1.43. The van der Waals surface area contributed by atoms with E-state index in [1.807, 2.05) is 23.6 Å². The Morgan fingerprint density at radius 2 is 1.84 bits per heavy atom. The van der Waals surface area contributed by atoms with Gasteiger partial charge in [0, 0.05) is 51.2 Å². The molecule has 0 aromatic carbocycles. The molecule has 32 heavy (non-hydrogen) atoms. The number of fused-ring (bicyclic) bond motifs is 4. The number of carbonyl (C=O) groups is 3. The number of aryl methyl sites for hydroxylation is 2. The van der Waals surface area contributed by atoms with Gasteiger partial charge in [0.15, 0.2) is 0 Å². The number of amides is 4. The Morgan fingerprint density at radius 1 is 1.06 bits per heavy atom. The predicted molar refractivity (Wildman–Crippen MR) is 122 cm³/mol. The molecular formula is C23H33N5O3S. The van der Waals surface area contributed by atoms with Crippen LogP contribution in [0.25, 0.3) is 0 Å². The standard InChI is InChI=1S/C23H33N5O3S/c1-14-21(32-15(2)24-14)22(30)25-18-6-8-26(9-7-18)23(31)27-11-16-10-17(13-27)19-4-3-5-20(29)28(19)12-16/h16-19H,3-13H2,1-2H3,(H,25,30)/t16-,17-,19-/m1/s1. The first kappa shape index (κ1) is 21.7. The first-order valence-electron chi connectivity index (χ1n) is 12.0. The summed E-state index contributed by atoms with van der Waals surface area (Å²) in [6.45, 7) is 7.47. The number of urea groups is 1. The lowest BCUT2D eigenvalue weighted by Crippen LogP contribution is -2.62. The summed E-state index contributed by atoms with van der Waals surface area (Å²) in [5, 5.41) is 4.04. The Balaban J connectivity index is 1.14. The van der Waals surface area contributed by atoms with Crippen LogP contribution < -0.4 is 5.32 Å². The van der Waals surface area contributed by atoms with Crippen molar-refractivity contribution in [1.82, 2.24) is 25.0 Å². The Bertz CT molecular complexity index is 909. The highest BCUT2D eigenvalue weighted by molar-refractivity contribution is 7.13. The smallest absolute Gasteiger partial charge is 0.320 e. The Hall–Kier alpha value is -2.16. The lowest BCUT2D eigenvalue weighted by Gasteiger charge is -2.53. The van der Waals surface area contributed by atoms with Crippen LogP contribution in [0.15, 0.2) is 0 Å². The molecule has 1 aromatic rings. The van der Waals surface area contributed by atoms with Crippen molar-refractivity contribution in [2.45, 2.75) is 64.5 Å². The number of nitrogens with one attached hydrogen (secondary N) is 1. The van der Waals surface area contributed by atoms with Crippen molar-refractivity contribution in [1.29, 1.82) is 0 Å². The molecule has 0 saturated carbocycles. The van der Waals surface area contributed by atoms with Crippen LogP contribution in [0.4, 0.5) is 4.79 Å². The zero-order chi connectivity index (χ0) is 22.4. The van der Waals surface area contributed by atoms with E-state index >= 15 is 0 Å². The Kier molecular flexibility index (Phi) is 5.86. The van der Waals surface area contributed by atoms with E-state index < -0.39 is 0 Å². The molecule has 4 aliphatic heterocycles. The van der Waals surface area contributed by atoms with E-state index in [4.69, 9.17) is 0 Å². The average molecular weight is 460 g/mol. The average Bonchev–Trinajstić information content (AvgIpc) is 3.12. The number of piperidine rings is 4. The molecule has 9 heteroatoms. The van der Waals surface area contributed by atoms with Gasteiger partial charge in [-0.3, -0.25) is 9.59 Å². The van der Waals surface area contributed by atoms with Crippen LogP contribution in [-0.4, -0.2) is 82.3 Å². The number of nitrogens with zero attached hydrogens (tertiary/aromatic N) is 4. The summed E-state index contributed by atoms with van der Waals surface area (Å²) < 4.78 is 0. The molecule has 5 heterocycles. The van der Waals surface area contributed by atoms with Gasteiger partial charge in [0.2, 0.25) is 5.91 Å². The largest absolute Gasteiger partial charge is 0.348 e. The molecule has 0 aliphatic carbocycles. The van der Waals surface area contributed by atoms with Gasteiger partial charge in [-0.1, -0.05) is 0 Å². The molecular weight excluding hydrogens is 426 g/mol. The Labute approximate surface area is 193 Å². The fourth-order valence-electron chi connectivity index (χ4n) is 6.17. The summed E-state index contributed by atoms with van der Waals surface area (Å²) in [7, 11) is 0. The van der Waals surface area contributed by atoms with Crippen LogP contribution in [0.1, 0.15) is 58.9 Å². The van der Waals surface area contributed by atoms with Gasteiger partial charge >= 0.3 is 6.03 Å². The molecule has 2 bridgehead atoms. The minimum atomic E-state index is -0.0479. The highest BCUT2D eigenvalue weighted by atomic mass is 32.1. The number of hydrogen-bond donors (Lipinski definition) is 1. The molecule has 0 unspecified atom stereocenters. The van der Waals surface area contributed by atoms with Crippen molar-refractivity contribution in [3.63, 3.8) is 0 Å². The van der Waals surface area contributed by atoms with Crippen LogP contribution in [0, 0.1) is 25.7 Å². The van der Waals surface area contributed by atoms with Gasteiger partial charge < -0.3 is 20.0 Å². The van der Waals surface area contributed by atoms with E-state index in [9.17, 15) is 14.4 Å². The van der Waals surface area contributed by atoms with Crippen LogP contribution in [0.2, 0.25) is 0 Å². The maximum absolute atomic E-state index is 13.3. The van der Waals surface area contributed by atoms with Crippen molar-refractivity contribution in [2.24, 2.45) is 11.8 Å². The van der Waals surface area contributed by atoms with E-state index in [0.29, 0.717) is 48.2 Å². The molecule has 3 atom stereocenters. The molecule has 0 spiro atoms. The molecule has 1 aromatic heterocycles. The number of thiazole rings is 1. The van der Waals surface area contributed by atoms with Crippen molar-refractivity contribution >= 4 is 29.2 Å². The van der Waals surface area contributed by atoms with E-state index in [0.717, 1.165) is 62.4 Å². The topological polar surface area (TPSA) is 85.9 Å². The molecule has 4 aliphatic rings. The fourth-order valence-corrected chi connectivity index (χ4v) is 7.00. The van der Waals surface area contributed by atoms with E-state index in [1.54, 1.807) is 0 Å². The lowest BCUT2D eigenvalue weighted by atomic mass is 9.76. The number of aromatic nitrogens is 1. The quantitative estimate of drug-likeness (QED) is 0.736. The van der Waals surface area contributed by atoms with Gasteiger partial charge in [0.25, 0.3) is 5.91 Å². The van der Waals surface area contributed by atoms with Gasteiger partial charge in [-0.2, -0.15) is 0 Å². The highest BCUT2D eigenvalue weighted by Crippen LogP contribution is 2.38. The number of likely N-dealkylation sites (tertiary alicyclic amines) is 2. The first-order chi connectivity index (χ1) is 15.4. The molecule has 4 amide bonds. The van der Waals surface area contributed by atoms with Gasteiger partial charge in [0.05, 0.1) is 10.7 Å². The molecule has 8 nitrogen and oxygen atoms in total. The van der Waals surface area contributed by atoms with Crippen molar-refractivity contribution in [2.75, 3.05) is 32.7 Å². The van der Waals surface area contributed by atoms with E-state index in [2.05, 4.69) is 15.2 Å². The van der Waals surface area contributed by atoms with Crippen LogP contribution in [0.3, 0.4) is 0 Å². The van der Waals surface area contributed by atoms with Crippen molar-refractivity contribution < 1.29 is 14.4 Å². The highest BCUT2D eigenvalue weighted by Gasteiger charge is 2.45. The van der Waals surface area contributed by atoms with Crippen LogP contribution in [-0.2, 0) is 4.79 Å². The van der Waals surface area contributed by atoms with Crippen LogP contribution >= 0.6 is 11.3 Å². The third kappa shape index (κ3) is 4.11. The van der Waals surface area contributed by atoms with Crippen molar-refractivity contribution in [3.05, 3.63) is 15.6 Å². The van der Waals surface area contributed by atoms with Gasteiger partial charge in [-0.25, -0.2) is 9.78 Å². The van der Waals surface area contributed by atoms with Gasteiger partial charge in [-0.15, -0.1) is 11.3 Å². The zero-order valence-electron chi connectivity index (χ0n) is 19.0. The van der Waals surface area contributed by atoms with Gasteiger partial charge in [0.1, 0.15) is 4.88 Å². The minimum Gasteiger partial charge on any atom is -0.348 e. The monoisotopic (exact) mass is 459 g/mol. The van der Waals surface area contributed by atoms with E-state index in [-0.39, 0.29) is 18.0 Å². The molecule has 0 radical (unpaired) electrons. The third-order valence-electron chi connectivity index (χ3n) is 7.66. The summed E-state index contributed by atoms with van der Waals surface area (Å²) in [6.07, 6.45) is 5.44. The summed E-state index contributed by atoms with van der Waals surface area (Å²) in [6, 6.07) is 0.549.